The van der Waals surface area contributed by atoms with Crippen LogP contribution in [0.5, 0.6) is 0 Å². The molecule has 1 aromatic rings. The van der Waals surface area contributed by atoms with Gasteiger partial charge in [-0.2, -0.15) is 9.57 Å². The molecular formula is C13H18N4O2S. The molecule has 20 heavy (non-hydrogen) atoms. The topological polar surface area (TPSA) is 77.3 Å². The average molecular weight is 294 g/mol. The van der Waals surface area contributed by atoms with E-state index >= 15 is 0 Å². The van der Waals surface area contributed by atoms with E-state index in [1.54, 1.807) is 0 Å². The van der Waals surface area contributed by atoms with Gasteiger partial charge < -0.3 is 4.90 Å². The van der Waals surface area contributed by atoms with Crippen LogP contribution in [-0.4, -0.2) is 55.3 Å². The highest BCUT2D eigenvalue weighted by atomic mass is 32.2. The summed E-state index contributed by atoms with van der Waals surface area (Å²) in [6.07, 6.45) is 2.17. The fraction of sp³-hybridized carbons (Fsp3) is 0.538. The van der Waals surface area contributed by atoms with Crippen molar-refractivity contribution in [2.45, 2.75) is 24.3 Å². The van der Waals surface area contributed by atoms with E-state index in [-0.39, 0.29) is 16.6 Å². The van der Waals surface area contributed by atoms with Gasteiger partial charge >= 0.3 is 0 Å². The van der Waals surface area contributed by atoms with Crippen LogP contribution >= 0.6 is 0 Å². The first kappa shape index (κ1) is 14.9. The lowest BCUT2D eigenvalue weighted by Gasteiger charge is -2.38. The van der Waals surface area contributed by atoms with Crippen LogP contribution in [0.2, 0.25) is 0 Å². The van der Waals surface area contributed by atoms with Crippen molar-refractivity contribution in [3.8, 4) is 6.07 Å². The number of hydrogen-bond acceptors (Lipinski definition) is 5. The molecule has 1 aliphatic rings. The van der Waals surface area contributed by atoms with Gasteiger partial charge in [0.05, 0.1) is 0 Å². The SMILES string of the molecule is CCC1CN(S(=O)(=O)c2ccc(C#N)nc2)CCN1C. The summed E-state index contributed by atoms with van der Waals surface area (Å²) in [5.74, 6) is 0. The zero-order valence-electron chi connectivity index (χ0n) is 11.7. The molecule has 0 spiro atoms. The van der Waals surface area contributed by atoms with E-state index in [1.165, 1.54) is 22.6 Å². The molecule has 1 unspecified atom stereocenters. The van der Waals surface area contributed by atoms with Gasteiger partial charge in [0.25, 0.3) is 0 Å². The molecule has 108 valence electrons. The van der Waals surface area contributed by atoms with Gasteiger partial charge in [-0.1, -0.05) is 6.92 Å². The molecule has 0 aliphatic carbocycles. The van der Waals surface area contributed by atoms with Crippen LogP contribution in [-0.2, 0) is 10.0 Å². The highest BCUT2D eigenvalue weighted by Gasteiger charge is 2.32. The quantitative estimate of drug-likeness (QED) is 0.819. The van der Waals surface area contributed by atoms with E-state index in [4.69, 9.17) is 5.26 Å². The zero-order valence-corrected chi connectivity index (χ0v) is 12.5. The largest absolute Gasteiger partial charge is 0.301 e. The highest BCUT2D eigenvalue weighted by Crippen LogP contribution is 2.20. The minimum Gasteiger partial charge on any atom is -0.301 e. The van der Waals surface area contributed by atoms with E-state index in [2.05, 4.69) is 16.8 Å². The van der Waals surface area contributed by atoms with Crippen molar-refractivity contribution in [3.63, 3.8) is 0 Å². The molecule has 1 fully saturated rings. The molecule has 0 saturated carbocycles. The number of hydrogen-bond donors (Lipinski definition) is 0. The number of aromatic nitrogens is 1. The van der Waals surface area contributed by atoms with E-state index in [9.17, 15) is 8.42 Å². The summed E-state index contributed by atoms with van der Waals surface area (Å²) in [5.41, 5.74) is 0.216. The third kappa shape index (κ3) is 2.82. The number of sulfonamides is 1. The summed E-state index contributed by atoms with van der Waals surface area (Å²) in [6.45, 7) is 3.76. The number of nitrogens with zero attached hydrogens (tertiary/aromatic N) is 4. The number of nitriles is 1. The second-order valence-electron chi connectivity index (χ2n) is 4.90. The lowest BCUT2D eigenvalue weighted by molar-refractivity contribution is 0.144. The maximum atomic E-state index is 12.5. The summed E-state index contributed by atoms with van der Waals surface area (Å²) < 4.78 is 26.6. The smallest absolute Gasteiger partial charge is 0.244 e. The number of rotatable bonds is 3. The van der Waals surface area contributed by atoms with Crippen LogP contribution in [0.3, 0.4) is 0 Å². The third-order valence-electron chi connectivity index (χ3n) is 3.70. The lowest BCUT2D eigenvalue weighted by Crippen LogP contribution is -2.52. The molecule has 0 aromatic carbocycles. The number of piperazine rings is 1. The summed E-state index contributed by atoms with van der Waals surface area (Å²) in [7, 11) is -1.50. The minimum atomic E-state index is -3.52. The van der Waals surface area contributed by atoms with Crippen molar-refractivity contribution in [3.05, 3.63) is 24.0 Å². The first-order valence-electron chi connectivity index (χ1n) is 6.55. The molecule has 0 bridgehead atoms. The van der Waals surface area contributed by atoms with Gasteiger partial charge in [-0.15, -0.1) is 0 Å². The molecule has 2 heterocycles. The van der Waals surface area contributed by atoms with Crippen molar-refractivity contribution < 1.29 is 8.42 Å². The van der Waals surface area contributed by atoms with Crippen LogP contribution < -0.4 is 0 Å². The molecule has 2 rings (SSSR count). The van der Waals surface area contributed by atoms with E-state index in [0.717, 1.165) is 13.0 Å². The molecule has 0 amide bonds. The molecule has 6 nitrogen and oxygen atoms in total. The predicted molar refractivity (Wildman–Crippen MR) is 74.4 cm³/mol. The van der Waals surface area contributed by atoms with Crippen LogP contribution in [0.15, 0.2) is 23.2 Å². The Bertz CT molecular complexity index is 606. The second-order valence-corrected chi connectivity index (χ2v) is 6.83. The summed E-state index contributed by atoms with van der Waals surface area (Å²) >= 11 is 0. The molecule has 1 aliphatic heterocycles. The summed E-state index contributed by atoms with van der Waals surface area (Å²) in [5, 5.41) is 8.70. The van der Waals surface area contributed by atoms with Crippen LogP contribution in [0.25, 0.3) is 0 Å². The Morgan fingerprint density at radius 3 is 2.75 bits per heavy atom. The molecule has 1 saturated heterocycles. The minimum absolute atomic E-state index is 0.149. The maximum absolute atomic E-state index is 12.5. The van der Waals surface area contributed by atoms with Crippen LogP contribution in [0.4, 0.5) is 0 Å². The lowest BCUT2D eigenvalue weighted by atomic mass is 10.1. The molecule has 0 radical (unpaired) electrons. The predicted octanol–water partition coefficient (Wildman–Crippen LogP) is 0.668. The van der Waals surface area contributed by atoms with Crippen molar-refractivity contribution in [2.24, 2.45) is 0 Å². The van der Waals surface area contributed by atoms with Crippen molar-refractivity contribution in [2.75, 3.05) is 26.7 Å². The number of likely N-dealkylation sites (N-methyl/N-ethyl adjacent to an activating group) is 1. The van der Waals surface area contributed by atoms with Gasteiger partial charge in [0, 0.05) is 31.9 Å². The van der Waals surface area contributed by atoms with Crippen LogP contribution in [0, 0.1) is 11.3 Å². The Kier molecular flexibility index (Phi) is 4.38. The van der Waals surface area contributed by atoms with Gasteiger partial charge in [-0.3, -0.25) is 0 Å². The first-order chi connectivity index (χ1) is 9.48. The summed E-state index contributed by atoms with van der Waals surface area (Å²) in [6, 6.07) is 5.00. The number of pyridine rings is 1. The Morgan fingerprint density at radius 1 is 1.45 bits per heavy atom. The monoisotopic (exact) mass is 294 g/mol. The van der Waals surface area contributed by atoms with Gasteiger partial charge in [0.1, 0.15) is 16.7 Å². The first-order valence-corrected chi connectivity index (χ1v) is 7.99. The Labute approximate surface area is 119 Å². The van der Waals surface area contributed by atoms with E-state index in [0.29, 0.717) is 13.1 Å². The normalized spacial score (nSPS) is 21.6. The fourth-order valence-electron chi connectivity index (χ4n) is 2.32. The van der Waals surface area contributed by atoms with Crippen molar-refractivity contribution in [1.82, 2.24) is 14.2 Å². The molecule has 7 heteroatoms. The van der Waals surface area contributed by atoms with Crippen molar-refractivity contribution in [1.29, 1.82) is 5.26 Å². The standard InChI is InChI=1S/C13H18N4O2S/c1-3-12-10-17(7-6-16(12)2)20(18,19)13-5-4-11(8-14)15-9-13/h4-5,9,12H,3,6-7,10H2,1-2H3. The zero-order chi connectivity index (χ0) is 14.8. The van der Waals surface area contributed by atoms with Gasteiger partial charge in [0.15, 0.2) is 0 Å². The maximum Gasteiger partial charge on any atom is 0.244 e. The summed E-state index contributed by atoms with van der Waals surface area (Å²) in [4.78, 5) is 6.17. The molecule has 0 N–H and O–H groups in total. The average Bonchev–Trinajstić information content (AvgIpc) is 2.47. The molecule has 1 aromatic heterocycles. The van der Waals surface area contributed by atoms with Gasteiger partial charge in [-0.05, 0) is 25.6 Å². The van der Waals surface area contributed by atoms with E-state index in [1.807, 2.05) is 13.1 Å². The Hall–Kier alpha value is -1.49. The van der Waals surface area contributed by atoms with Gasteiger partial charge in [0.2, 0.25) is 10.0 Å². The highest BCUT2D eigenvalue weighted by molar-refractivity contribution is 7.89. The Balaban J connectivity index is 2.23. The molecular weight excluding hydrogens is 276 g/mol. The third-order valence-corrected chi connectivity index (χ3v) is 5.55. The second kappa shape index (κ2) is 5.87. The van der Waals surface area contributed by atoms with Gasteiger partial charge in [-0.25, -0.2) is 13.4 Å². The van der Waals surface area contributed by atoms with Crippen molar-refractivity contribution >= 4 is 10.0 Å². The van der Waals surface area contributed by atoms with Crippen LogP contribution in [0.1, 0.15) is 19.0 Å². The molecule has 1 atom stereocenters. The Morgan fingerprint density at radius 2 is 2.20 bits per heavy atom. The fourth-order valence-corrected chi connectivity index (χ4v) is 3.74. The van der Waals surface area contributed by atoms with E-state index < -0.39 is 10.0 Å².